The summed E-state index contributed by atoms with van der Waals surface area (Å²) in [4.78, 5) is 10.9. The number of anilines is 1. The summed E-state index contributed by atoms with van der Waals surface area (Å²) in [5.41, 5.74) is 1.53. The number of hydrogen-bond donors (Lipinski definition) is 2. The van der Waals surface area contributed by atoms with Gasteiger partial charge in [0.15, 0.2) is 11.6 Å². The highest BCUT2D eigenvalue weighted by Crippen LogP contribution is 2.45. The Morgan fingerprint density at radius 1 is 1.00 bits per heavy atom. The summed E-state index contributed by atoms with van der Waals surface area (Å²) >= 11 is 0. The fourth-order valence-corrected chi connectivity index (χ4v) is 6.51. The molecule has 2 aliphatic heterocycles. The molecule has 0 amide bonds. The maximum Gasteiger partial charge on any atom is 0.213 e. The molecule has 9 heteroatoms. The molecular weight excluding hydrogens is 471 g/mol. The van der Waals surface area contributed by atoms with Crippen LogP contribution in [0.15, 0.2) is 36.7 Å². The first-order chi connectivity index (χ1) is 17.8. The highest BCUT2D eigenvalue weighted by molar-refractivity contribution is 5.73. The molecule has 8 nitrogen and oxygen atoms in total. The molecule has 1 aromatic carbocycles. The Morgan fingerprint density at radius 2 is 1.76 bits per heavy atom. The zero-order valence-corrected chi connectivity index (χ0v) is 21.5. The fourth-order valence-electron chi connectivity index (χ4n) is 6.51. The van der Waals surface area contributed by atoms with Crippen molar-refractivity contribution in [3.05, 3.63) is 42.5 Å². The number of phenols is 1. The number of fused-ring (bicyclic) bond motifs is 2. The molecule has 1 unspecified atom stereocenters. The number of ether oxygens (including phenoxy) is 1. The van der Waals surface area contributed by atoms with Crippen LogP contribution in [0.1, 0.15) is 58.8 Å². The van der Waals surface area contributed by atoms with Crippen LogP contribution >= 0.6 is 0 Å². The molecular formula is C28H33FN6O2. The molecule has 3 atom stereocenters. The number of methoxy groups -OCH3 is 1. The molecule has 3 fully saturated rings. The lowest BCUT2D eigenvalue weighted by Crippen LogP contribution is -2.67. The molecule has 1 aliphatic carbocycles. The van der Waals surface area contributed by atoms with E-state index in [4.69, 9.17) is 4.74 Å². The number of halogens is 1. The van der Waals surface area contributed by atoms with Crippen molar-refractivity contribution in [2.75, 3.05) is 12.0 Å². The zero-order chi connectivity index (χ0) is 25.8. The van der Waals surface area contributed by atoms with Crippen LogP contribution in [0.5, 0.6) is 11.6 Å². The molecule has 1 saturated carbocycles. The lowest BCUT2D eigenvalue weighted by molar-refractivity contribution is 0.0766. The average molecular weight is 505 g/mol. The molecule has 0 spiro atoms. The van der Waals surface area contributed by atoms with Gasteiger partial charge in [-0.25, -0.2) is 14.4 Å². The van der Waals surface area contributed by atoms with Crippen LogP contribution in [-0.4, -0.2) is 55.5 Å². The van der Waals surface area contributed by atoms with E-state index in [-0.39, 0.29) is 22.4 Å². The predicted octanol–water partition coefficient (Wildman–Crippen LogP) is 4.88. The summed E-state index contributed by atoms with van der Waals surface area (Å²) in [5, 5.41) is 23.7. The van der Waals surface area contributed by atoms with Gasteiger partial charge in [-0.1, -0.05) is 6.07 Å². The van der Waals surface area contributed by atoms with Gasteiger partial charge in [0, 0.05) is 34.8 Å². The van der Waals surface area contributed by atoms with E-state index in [0.29, 0.717) is 34.9 Å². The normalized spacial score (nSPS) is 27.1. The Balaban J connectivity index is 1.26. The summed E-state index contributed by atoms with van der Waals surface area (Å²) in [7, 11) is 1.47. The number of rotatable bonds is 6. The van der Waals surface area contributed by atoms with Crippen molar-refractivity contribution in [2.24, 2.45) is 0 Å². The third-order valence-electron chi connectivity index (χ3n) is 8.17. The van der Waals surface area contributed by atoms with E-state index in [1.807, 2.05) is 0 Å². The second-order valence-electron chi connectivity index (χ2n) is 11.4. The molecule has 0 radical (unpaired) electrons. The fraction of sp³-hybridized carbons (Fsp3) is 0.500. The monoisotopic (exact) mass is 504 g/mol. The highest BCUT2D eigenvalue weighted by Gasteiger charge is 2.49. The number of hydrogen-bond acceptors (Lipinski definition) is 8. The van der Waals surface area contributed by atoms with Gasteiger partial charge in [0.1, 0.15) is 11.6 Å². The molecule has 2 saturated heterocycles. The molecule has 194 valence electrons. The van der Waals surface area contributed by atoms with Gasteiger partial charge in [-0.2, -0.15) is 0 Å². The quantitative estimate of drug-likeness (QED) is 0.491. The number of nitrogens with zero attached hydrogens (tertiary/aromatic N) is 5. The topological polar surface area (TPSA) is 96.3 Å². The van der Waals surface area contributed by atoms with Crippen LogP contribution in [0.25, 0.3) is 22.5 Å². The molecule has 37 heavy (non-hydrogen) atoms. The van der Waals surface area contributed by atoms with Crippen molar-refractivity contribution in [2.45, 2.75) is 82.0 Å². The third kappa shape index (κ3) is 4.61. The van der Waals surface area contributed by atoms with Crippen molar-refractivity contribution in [1.82, 2.24) is 25.5 Å². The van der Waals surface area contributed by atoms with Crippen molar-refractivity contribution in [3.63, 3.8) is 0 Å². The molecule has 3 aliphatic rings. The van der Waals surface area contributed by atoms with Crippen molar-refractivity contribution < 1.29 is 14.2 Å². The Morgan fingerprint density at radius 3 is 2.38 bits per heavy atom. The lowest BCUT2D eigenvalue weighted by Gasteiger charge is -2.55. The van der Waals surface area contributed by atoms with Gasteiger partial charge in [0.2, 0.25) is 5.88 Å². The average Bonchev–Trinajstić information content (AvgIpc) is 3.69. The number of nitrogens with one attached hydrogen (secondary N) is 1. The summed E-state index contributed by atoms with van der Waals surface area (Å²) in [6.07, 6.45) is 11.1. The Labute approximate surface area is 216 Å². The number of aromatic nitrogens is 4. The molecule has 4 heterocycles. The Kier molecular flexibility index (Phi) is 5.78. The first-order valence-electron chi connectivity index (χ1n) is 13.1. The summed E-state index contributed by atoms with van der Waals surface area (Å²) in [5.74, 6) is 0.875. The summed E-state index contributed by atoms with van der Waals surface area (Å²) in [6, 6.07) is 7.27. The van der Waals surface area contributed by atoms with Crippen molar-refractivity contribution >= 4 is 5.82 Å². The van der Waals surface area contributed by atoms with E-state index in [1.165, 1.54) is 51.3 Å². The number of phenolic OH excluding ortho intramolecular Hbond substituents is 1. The Bertz CT molecular complexity index is 1300. The van der Waals surface area contributed by atoms with Crippen LogP contribution < -0.4 is 15.0 Å². The molecule has 6 rings (SSSR count). The first kappa shape index (κ1) is 24.0. The smallest absolute Gasteiger partial charge is 0.213 e. The van der Waals surface area contributed by atoms with Crippen LogP contribution in [0, 0.1) is 5.82 Å². The molecule has 2 aromatic heterocycles. The first-order valence-corrected chi connectivity index (χ1v) is 13.1. The van der Waals surface area contributed by atoms with Crippen LogP contribution in [0.3, 0.4) is 0 Å². The maximum atomic E-state index is 14.4. The van der Waals surface area contributed by atoms with E-state index >= 15 is 0 Å². The maximum absolute atomic E-state index is 14.4. The third-order valence-corrected chi connectivity index (χ3v) is 8.17. The van der Waals surface area contributed by atoms with Crippen molar-refractivity contribution in [1.29, 1.82) is 0 Å². The van der Waals surface area contributed by atoms with Crippen LogP contribution in [-0.2, 0) is 0 Å². The largest absolute Gasteiger partial charge is 0.507 e. The van der Waals surface area contributed by atoms with Crippen LogP contribution in [0.4, 0.5) is 10.2 Å². The van der Waals surface area contributed by atoms with E-state index in [1.54, 1.807) is 18.3 Å². The van der Waals surface area contributed by atoms with Gasteiger partial charge in [0.05, 0.1) is 25.1 Å². The van der Waals surface area contributed by atoms with Gasteiger partial charge in [0.25, 0.3) is 0 Å². The molecule has 3 aromatic rings. The SMILES string of the molecule is COc1cc(-c2ccc(-c3ncc(N(C4CC4)C4C[C@]5(C)CCC[C@](C)(C4)N5)nn3)c(O)c2)c(F)cn1. The summed E-state index contributed by atoms with van der Waals surface area (Å²) < 4.78 is 19.5. The minimum absolute atomic E-state index is 0.0479. The van der Waals surface area contributed by atoms with Crippen LogP contribution in [0.2, 0.25) is 0 Å². The molecule has 2 bridgehead atoms. The van der Waals surface area contributed by atoms with Gasteiger partial charge < -0.3 is 20.1 Å². The van der Waals surface area contributed by atoms with Gasteiger partial charge in [-0.15, -0.1) is 10.2 Å². The number of benzene rings is 1. The summed E-state index contributed by atoms with van der Waals surface area (Å²) in [6.45, 7) is 4.71. The minimum atomic E-state index is -0.500. The second kappa shape index (κ2) is 8.90. The van der Waals surface area contributed by atoms with Gasteiger partial charge in [-0.05, 0) is 76.5 Å². The van der Waals surface area contributed by atoms with Crippen molar-refractivity contribution in [3.8, 4) is 34.1 Å². The van der Waals surface area contributed by atoms with E-state index in [2.05, 4.69) is 44.2 Å². The number of pyridine rings is 1. The highest BCUT2D eigenvalue weighted by atomic mass is 19.1. The number of piperidine rings is 2. The van der Waals surface area contributed by atoms with Gasteiger partial charge in [-0.3, -0.25) is 0 Å². The lowest BCUT2D eigenvalue weighted by atomic mass is 9.69. The number of aromatic hydroxyl groups is 1. The van der Waals surface area contributed by atoms with E-state index in [9.17, 15) is 9.50 Å². The minimum Gasteiger partial charge on any atom is -0.507 e. The van der Waals surface area contributed by atoms with E-state index < -0.39 is 5.82 Å². The van der Waals surface area contributed by atoms with Gasteiger partial charge >= 0.3 is 0 Å². The van der Waals surface area contributed by atoms with E-state index in [0.717, 1.165) is 24.9 Å². The second-order valence-corrected chi connectivity index (χ2v) is 11.4. The zero-order valence-electron chi connectivity index (χ0n) is 21.5. The predicted molar refractivity (Wildman–Crippen MR) is 139 cm³/mol. The molecule has 2 N–H and O–H groups in total. The Hall–Kier alpha value is -3.33. The standard InChI is InChI=1S/C28H33FN6O2/c1-27-9-4-10-28(2,34-27)14-19(13-27)35(18-6-7-18)24-16-31-26(33-32-24)20-8-5-17(11-23(20)36)21-12-25(37-3)30-15-22(21)29/h5,8,11-12,15-16,18-19,34,36H,4,6-7,9-10,13-14H2,1-3H3/t19?,27-,28+.